The van der Waals surface area contributed by atoms with Gasteiger partial charge in [0.25, 0.3) is 0 Å². The molecule has 5 rings (SSSR count). The average molecular weight is 404 g/mol. The Labute approximate surface area is 174 Å². The smallest absolute Gasteiger partial charge is 0.181 e. The van der Waals surface area contributed by atoms with Gasteiger partial charge in [0.15, 0.2) is 5.82 Å². The Balaban J connectivity index is 1.36. The zero-order valence-corrected chi connectivity index (χ0v) is 16.9. The van der Waals surface area contributed by atoms with E-state index >= 15 is 0 Å². The van der Waals surface area contributed by atoms with Crippen LogP contribution in [-0.2, 0) is 4.74 Å². The standard InChI is InChI=1S/C22H24N6O2/c1-15-23-22(27-24-15)17-5-6-20-19(14-17)21(26-25-20)16-3-2-4-18(13-16)30-12-9-28-7-10-29-11-8-28/h2-6,13-14H,7-12H2,1H3,(H,25,26)(H,23,24,27). The van der Waals surface area contributed by atoms with E-state index in [1.165, 1.54) is 0 Å². The summed E-state index contributed by atoms with van der Waals surface area (Å²) in [5.41, 5.74) is 3.82. The van der Waals surface area contributed by atoms with Crippen LogP contribution < -0.4 is 4.74 Å². The lowest BCUT2D eigenvalue weighted by Crippen LogP contribution is -2.38. The molecule has 0 atom stereocenters. The third-order valence-corrected chi connectivity index (χ3v) is 5.31. The highest BCUT2D eigenvalue weighted by Gasteiger charge is 2.13. The number of hydrogen-bond donors (Lipinski definition) is 2. The fourth-order valence-corrected chi connectivity index (χ4v) is 3.70. The lowest BCUT2D eigenvalue weighted by molar-refractivity contribution is 0.0322. The number of aromatic nitrogens is 5. The molecule has 4 aromatic rings. The van der Waals surface area contributed by atoms with Crippen molar-refractivity contribution in [1.82, 2.24) is 30.3 Å². The van der Waals surface area contributed by atoms with Crippen LogP contribution in [0, 0.1) is 6.92 Å². The molecule has 0 amide bonds. The lowest BCUT2D eigenvalue weighted by atomic mass is 10.1. The van der Waals surface area contributed by atoms with Gasteiger partial charge >= 0.3 is 0 Å². The predicted octanol–water partition coefficient (Wildman–Crippen LogP) is 3.03. The molecule has 8 nitrogen and oxygen atoms in total. The third-order valence-electron chi connectivity index (χ3n) is 5.31. The summed E-state index contributed by atoms with van der Waals surface area (Å²) in [5.74, 6) is 2.32. The largest absolute Gasteiger partial charge is 0.492 e. The molecule has 2 aromatic carbocycles. The van der Waals surface area contributed by atoms with E-state index in [1.807, 2.05) is 43.3 Å². The van der Waals surface area contributed by atoms with Gasteiger partial charge in [0, 0.05) is 36.1 Å². The van der Waals surface area contributed by atoms with E-state index in [2.05, 4.69) is 36.3 Å². The van der Waals surface area contributed by atoms with Crippen molar-refractivity contribution in [2.24, 2.45) is 0 Å². The summed E-state index contributed by atoms with van der Waals surface area (Å²) < 4.78 is 11.4. The first kappa shape index (κ1) is 18.8. The molecule has 0 bridgehead atoms. The summed E-state index contributed by atoms with van der Waals surface area (Å²) in [6.07, 6.45) is 0. The Bertz CT molecular complexity index is 1150. The highest BCUT2D eigenvalue weighted by atomic mass is 16.5. The van der Waals surface area contributed by atoms with Crippen molar-refractivity contribution in [2.75, 3.05) is 39.5 Å². The summed E-state index contributed by atoms with van der Waals surface area (Å²) in [4.78, 5) is 6.79. The second kappa shape index (κ2) is 8.25. The monoisotopic (exact) mass is 404 g/mol. The van der Waals surface area contributed by atoms with Gasteiger partial charge in [-0.3, -0.25) is 15.1 Å². The zero-order chi connectivity index (χ0) is 20.3. The molecule has 0 spiro atoms. The predicted molar refractivity (Wildman–Crippen MR) is 114 cm³/mol. The number of nitrogens with one attached hydrogen (secondary N) is 2. The number of ether oxygens (including phenoxy) is 2. The molecule has 1 aliphatic rings. The van der Waals surface area contributed by atoms with Crippen LogP contribution in [0.25, 0.3) is 33.5 Å². The molecule has 0 aliphatic carbocycles. The van der Waals surface area contributed by atoms with Gasteiger partial charge in [-0.25, -0.2) is 4.98 Å². The summed E-state index contributed by atoms with van der Waals surface area (Å²) in [7, 11) is 0. The van der Waals surface area contributed by atoms with Crippen molar-refractivity contribution >= 4 is 10.9 Å². The molecule has 154 valence electrons. The van der Waals surface area contributed by atoms with Crippen LogP contribution in [0.5, 0.6) is 5.75 Å². The Morgan fingerprint density at radius 3 is 2.77 bits per heavy atom. The molecule has 1 fully saturated rings. The molecule has 8 heteroatoms. The van der Waals surface area contributed by atoms with Crippen LogP contribution in [-0.4, -0.2) is 69.7 Å². The first-order valence-corrected chi connectivity index (χ1v) is 10.2. The number of aryl methyl sites for hydroxylation is 1. The third kappa shape index (κ3) is 3.92. The summed E-state index contributed by atoms with van der Waals surface area (Å²) >= 11 is 0. The van der Waals surface area contributed by atoms with E-state index in [9.17, 15) is 0 Å². The van der Waals surface area contributed by atoms with Gasteiger partial charge in [0.05, 0.1) is 18.7 Å². The maximum atomic E-state index is 6.01. The van der Waals surface area contributed by atoms with Crippen molar-refractivity contribution in [3.05, 3.63) is 48.3 Å². The number of aromatic amines is 2. The lowest BCUT2D eigenvalue weighted by Gasteiger charge is -2.26. The normalized spacial score (nSPS) is 15.0. The number of rotatable bonds is 6. The summed E-state index contributed by atoms with van der Waals surface area (Å²) in [5, 5.41) is 15.9. The van der Waals surface area contributed by atoms with Gasteiger partial charge in [-0.2, -0.15) is 10.2 Å². The second-order valence-electron chi connectivity index (χ2n) is 7.41. The van der Waals surface area contributed by atoms with Gasteiger partial charge in [-0.15, -0.1) is 0 Å². The van der Waals surface area contributed by atoms with Gasteiger partial charge in [0.2, 0.25) is 0 Å². The first-order chi connectivity index (χ1) is 14.8. The molecule has 0 saturated carbocycles. The van der Waals surface area contributed by atoms with Gasteiger partial charge in [-0.05, 0) is 37.3 Å². The average Bonchev–Trinajstić information content (AvgIpc) is 3.40. The van der Waals surface area contributed by atoms with Crippen LogP contribution in [0.1, 0.15) is 5.82 Å². The fourth-order valence-electron chi connectivity index (χ4n) is 3.70. The molecule has 1 aliphatic heterocycles. The van der Waals surface area contributed by atoms with Crippen molar-refractivity contribution in [2.45, 2.75) is 6.92 Å². The number of morpholine rings is 1. The topological polar surface area (TPSA) is 91.9 Å². The van der Waals surface area contributed by atoms with Crippen LogP contribution in [0.3, 0.4) is 0 Å². The Hall–Kier alpha value is -3.23. The minimum atomic E-state index is 0.652. The van der Waals surface area contributed by atoms with Crippen molar-refractivity contribution < 1.29 is 9.47 Å². The SMILES string of the molecule is Cc1nc(-c2ccc3[nH]nc(-c4cccc(OCCN5CCOCC5)c4)c3c2)n[nH]1. The number of benzene rings is 2. The molecule has 0 radical (unpaired) electrons. The molecule has 30 heavy (non-hydrogen) atoms. The van der Waals surface area contributed by atoms with Crippen LogP contribution in [0.2, 0.25) is 0 Å². The Kier molecular flexibility index (Phi) is 5.17. The fraction of sp³-hybridized carbons (Fsp3) is 0.318. The van der Waals surface area contributed by atoms with E-state index < -0.39 is 0 Å². The number of hydrogen-bond acceptors (Lipinski definition) is 6. The molecule has 2 aromatic heterocycles. The maximum Gasteiger partial charge on any atom is 0.181 e. The van der Waals surface area contributed by atoms with Gasteiger partial charge in [-0.1, -0.05) is 12.1 Å². The van der Waals surface area contributed by atoms with Gasteiger partial charge in [0.1, 0.15) is 23.9 Å². The molecular formula is C22H24N6O2. The highest BCUT2D eigenvalue weighted by Crippen LogP contribution is 2.31. The maximum absolute atomic E-state index is 6.01. The molecule has 0 unspecified atom stereocenters. The Morgan fingerprint density at radius 1 is 1.03 bits per heavy atom. The summed E-state index contributed by atoms with van der Waals surface area (Å²) in [6, 6.07) is 14.2. The van der Waals surface area contributed by atoms with E-state index in [0.29, 0.717) is 12.4 Å². The number of H-pyrrole nitrogens is 2. The van der Waals surface area contributed by atoms with Gasteiger partial charge < -0.3 is 9.47 Å². The van der Waals surface area contributed by atoms with Crippen LogP contribution >= 0.6 is 0 Å². The minimum Gasteiger partial charge on any atom is -0.492 e. The number of nitrogens with zero attached hydrogens (tertiary/aromatic N) is 4. The molecule has 1 saturated heterocycles. The van der Waals surface area contributed by atoms with E-state index in [-0.39, 0.29) is 0 Å². The molecule has 2 N–H and O–H groups in total. The van der Waals surface area contributed by atoms with E-state index in [1.54, 1.807) is 0 Å². The Morgan fingerprint density at radius 2 is 1.93 bits per heavy atom. The van der Waals surface area contributed by atoms with Crippen molar-refractivity contribution in [3.63, 3.8) is 0 Å². The molecule has 3 heterocycles. The summed E-state index contributed by atoms with van der Waals surface area (Å²) in [6.45, 7) is 6.99. The zero-order valence-electron chi connectivity index (χ0n) is 16.9. The minimum absolute atomic E-state index is 0.652. The second-order valence-corrected chi connectivity index (χ2v) is 7.41. The van der Waals surface area contributed by atoms with E-state index in [0.717, 1.165) is 72.1 Å². The highest BCUT2D eigenvalue weighted by molar-refractivity contribution is 5.95. The van der Waals surface area contributed by atoms with E-state index in [4.69, 9.17) is 9.47 Å². The van der Waals surface area contributed by atoms with Crippen LogP contribution in [0.15, 0.2) is 42.5 Å². The van der Waals surface area contributed by atoms with Crippen LogP contribution in [0.4, 0.5) is 0 Å². The van der Waals surface area contributed by atoms with Crippen molar-refractivity contribution in [1.29, 1.82) is 0 Å². The van der Waals surface area contributed by atoms with Crippen molar-refractivity contribution in [3.8, 4) is 28.4 Å². The molecular weight excluding hydrogens is 380 g/mol. The quantitative estimate of drug-likeness (QED) is 0.513. The first-order valence-electron chi connectivity index (χ1n) is 10.2. The number of fused-ring (bicyclic) bond motifs is 1.